The first-order valence-corrected chi connectivity index (χ1v) is 4.43. The van der Waals surface area contributed by atoms with Gasteiger partial charge in [0.15, 0.2) is 0 Å². The van der Waals surface area contributed by atoms with Crippen LogP contribution in [0.25, 0.3) is 0 Å². The van der Waals surface area contributed by atoms with E-state index in [1.807, 2.05) is 0 Å². The van der Waals surface area contributed by atoms with E-state index < -0.39 is 24.1 Å². The topological polar surface area (TPSA) is 38.3 Å². The molecule has 0 aromatic heterocycles. The minimum atomic E-state index is -4.33. The van der Waals surface area contributed by atoms with Crippen molar-refractivity contribution in [1.29, 1.82) is 0 Å². The van der Waals surface area contributed by atoms with Gasteiger partial charge in [-0.05, 0) is 19.9 Å². The fraction of sp³-hybridized carbons (Fsp3) is 0.875. The van der Waals surface area contributed by atoms with Crippen molar-refractivity contribution in [3.8, 4) is 0 Å². The Kier molecular flexibility index (Phi) is 3.36. The number of carbonyl (C=O) groups is 1. The van der Waals surface area contributed by atoms with E-state index in [0.717, 1.165) is 0 Å². The molecule has 6 heteroatoms. The van der Waals surface area contributed by atoms with Gasteiger partial charge in [-0.1, -0.05) is 0 Å². The summed E-state index contributed by atoms with van der Waals surface area (Å²) in [6.45, 7) is 1.87. The Labute approximate surface area is 79.6 Å². The minimum absolute atomic E-state index is 0.0625. The Morgan fingerprint density at radius 1 is 1.57 bits per heavy atom. The number of alkyl halides is 3. The lowest BCUT2D eigenvalue weighted by Gasteiger charge is -2.20. The zero-order valence-electron chi connectivity index (χ0n) is 7.73. The highest BCUT2D eigenvalue weighted by atomic mass is 19.4. The molecule has 1 rings (SSSR count). The molecule has 1 fully saturated rings. The van der Waals surface area contributed by atoms with Gasteiger partial charge in [-0.3, -0.25) is 4.79 Å². The molecule has 1 heterocycles. The summed E-state index contributed by atoms with van der Waals surface area (Å²) in [6, 6.07) is -1.23. The quantitative estimate of drug-likeness (QED) is 0.695. The van der Waals surface area contributed by atoms with Crippen LogP contribution >= 0.6 is 0 Å². The van der Waals surface area contributed by atoms with Gasteiger partial charge < -0.3 is 10.1 Å². The third kappa shape index (κ3) is 2.37. The number of nitrogens with one attached hydrogen (secondary N) is 1. The van der Waals surface area contributed by atoms with E-state index in [-0.39, 0.29) is 19.6 Å². The maximum Gasteiger partial charge on any atom is 0.393 e. The maximum absolute atomic E-state index is 12.4. The number of hydrogen-bond donors (Lipinski definition) is 1. The molecule has 14 heavy (non-hydrogen) atoms. The lowest BCUT2D eigenvalue weighted by atomic mass is 10.0. The van der Waals surface area contributed by atoms with Crippen LogP contribution in [0.1, 0.15) is 13.3 Å². The van der Waals surface area contributed by atoms with E-state index in [4.69, 9.17) is 0 Å². The predicted octanol–water partition coefficient (Wildman–Crippen LogP) is 1.09. The molecule has 82 valence electrons. The van der Waals surface area contributed by atoms with E-state index in [0.29, 0.717) is 0 Å². The summed E-state index contributed by atoms with van der Waals surface area (Å²) in [5.41, 5.74) is 0. The van der Waals surface area contributed by atoms with E-state index in [9.17, 15) is 18.0 Å². The highest BCUT2D eigenvalue weighted by Gasteiger charge is 2.50. The van der Waals surface area contributed by atoms with Crippen molar-refractivity contribution < 1.29 is 22.7 Å². The van der Waals surface area contributed by atoms with Crippen molar-refractivity contribution in [2.45, 2.75) is 25.6 Å². The number of ether oxygens (including phenoxy) is 1. The van der Waals surface area contributed by atoms with Gasteiger partial charge >= 0.3 is 12.1 Å². The third-order valence-corrected chi connectivity index (χ3v) is 2.18. The van der Waals surface area contributed by atoms with Crippen molar-refractivity contribution in [3.63, 3.8) is 0 Å². The van der Waals surface area contributed by atoms with Gasteiger partial charge in [0.05, 0.1) is 12.5 Å². The molecule has 0 bridgehead atoms. The first-order chi connectivity index (χ1) is 6.46. The van der Waals surface area contributed by atoms with Crippen LogP contribution in [0.5, 0.6) is 0 Å². The summed E-state index contributed by atoms with van der Waals surface area (Å²) in [6.07, 6.45) is -4.39. The van der Waals surface area contributed by atoms with E-state index >= 15 is 0 Å². The van der Waals surface area contributed by atoms with E-state index in [1.54, 1.807) is 6.92 Å². The largest absolute Gasteiger partial charge is 0.465 e. The zero-order chi connectivity index (χ0) is 10.8. The summed E-state index contributed by atoms with van der Waals surface area (Å²) in [4.78, 5) is 11.1. The van der Waals surface area contributed by atoms with Gasteiger partial charge in [-0.25, -0.2) is 0 Å². The molecule has 3 nitrogen and oxygen atoms in total. The molecule has 0 radical (unpaired) electrons. The molecule has 0 saturated carbocycles. The Bertz CT molecular complexity index is 217. The van der Waals surface area contributed by atoms with Crippen LogP contribution in [0.15, 0.2) is 0 Å². The van der Waals surface area contributed by atoms with Gasteiger partial charge in [-0.15, -0.1) is 0 Å². The molecule has 1 aliphatic rings. The molecule has 0 unspecified atom stereocenters. The second-order valence-corrected chi connectivity index (χ2v) is 3.12. The molecule has 0 spiro atoms. The van der Waals surface area contributed by atoms with Crippen LogP contribution in [0.4, 0.5) is 13.2 Å². The summed E-state index contributed by atoms with van der Waals surface area (Å²) in [7, 11) is 0. The molecule has 0 aromatic carbocycles. The Morgan fingerprint density at radius 2 is 2.21 bits per heavy atom. The lowest BCUT2D eigenvalue weighted by molar-refractivity contribution is -0.185. The van der Waals surface area contributed by atoms with Crippen LogP contribution in [0, 0.1) is 5.92 Å². The first-order valence-electron chi connectivity index (χ1n) is 4.43. The summed E-state index contributed by atoms with van der Waals surface area (Å²) >= 11 is 0. The van der Waals surface area contributed by atoms with Crippen LogP contribution < -0.4 is 5.32 Å². The fourth-order valence-electron chi connectivity index (χ4n) is 1.54. The third-order valence-electron chi connectivity index (χ3n) is 2.18. The molecular formula is C8H12F3NO2. The van der Waals surface area contributed by atoms with Crippen molar-refractivity contribution in [3.05, 3.63) is 0 Å². The highest BCUT2D eigenvalue weighted by Crippen LogP contribution is 2.34. The van der Waals surface area contributed by atoms with Crippen LogP contribution in [-0.4, -0.2) is 31.3 Å². The standard InChI is InChI=1S/C8H12F3NO2/c1-2-14-7(13)6-5(3-4-12-6)8(9,10)11/h5-6,12H,2-4H2,1H3/t5-,6-/m0/s1. The fourth-order valence-corrected chi connectivity index (χ4v) is 1.54. The monoisotopic (exact) mass is 211 g/mol. The number of halogens is 3. The minimum Gasteiger partial charge on any atom is -0.465 e. The number of carbonyl (C=O) groups excluding carboxylic acids is 1. The van der Waals surface area contributed by atoms with Crippen LogP contribution in [0.3, 0.4) is 0 Å². The summed E-state index contributed by atoms with van der Waals surface area (Å²) < 4.78 is 41.6. The number of hydrogen-bond acceptors (Lipinski definition) is 3. The number of rotatable bonds is 2. The van der Waals surface area contributed by atoms with Crippen molar-refractivity contribution >= 4 is 5.97 Å². The Morgan fingerprint density at radius 3 is 2.71 bits per heavy atom. The summed E-state index contributed by atoms with van der Waals surface area (Å²) in [5.74, 6) is -2.42. The van der Waals surface area contributed by atoms with Gasteiger partial charge in [0.2, 0.25) is 0 Å². The normalized spacial score (nSPS) is 27.7. The van der Waals surface area contributed by atoms with Gasteiger partial charge in [-0.2, -0.15) is 13.2 Å². The van der Waals surface area contributed by atoms with Crippen molar-refractivity contribution in [2.24, 2.45) is 5.92 Å². The average Bonchev–Trinajstić information content (AvgIpc) is 2.50. The molecule has 0 aliphatic carbocycles. The van der Waals surface area contributed by atoms with Crippen LogP contribution in [0.2, 0.25) is 0 Å². The highest BCUT2D eigenvalue weighted by molar-refractivity contribution is 5.76. The second-order valence-electron chi connectivity index (χ2n) is 3.12. The zero-order valence-corrected chi connectivity index (χ0v) is 7.73. The van der Waals surface area contributed by atoms with Gasteiger partial charge in [0.1, 0.15) is 6.04 Å². The van der Waals surface area contributed by atoms with Gasteiger partial charge in [0.25, 0.3) is 0 Å². The second kappa shape index (κ2) is 4.16. The first kappa shape index (κ1) is 11.3. The van der Waals surface area contributed by atoms with Crippen molar-refractivity contribution in [2.75, 3.05) is 13.2 Å². The molecule has 1 aliphatic heterocycles. The average molecular weight is 211 g/mol. The smallest absolute Gasteiger partial charge is 0.393 e. The maximum atomic E-state index is 12.4. The molecule has 0 aromatic rings. The Hall–Kier alpha value is -0.780. The lowest BCUT2D eigenvalue weighted by Crippen LogP contribution is -2.42. The van der Waals surface area contributed by atoms with Crippen LogP contribution in [-0.2, 0) is 9.53 Å². The van der Waals surface area contributed by atoms with Crippen molar-refractivity contribution in [1.82, 2.24) is 5.32 Å². The number of esters is 1. The summed E-state index contributed by atoms with van der Waals surface area (Å²) in [5, 5.41) is 2.50. The van der Waals surface area contributed by atoms with E-state index in [2.05, 4.69) is 10.1 Å². The molecular weight excluding hydrogens is 199 g/mol. The molecule has 2 atom stereocenters. The van der Waals surface area contributed by atoms with E-state index in [1.165, 1.54) is 0 Å². The molecule has 1 N–H and O–H groups in total. The SMILES string of the molecule is CCOC(=O)[C@H]1NCC[C@@H]1C(F)(F)F. The molecule has 0 amide bonds. The van der Waals surface area contributed by atoms with Gasteiger partial charge in [0, 0.05) is 0 Å². The Balaban J connectivity index is 2.64. The molecule has 1 saturated heterocycles. The predicted molar refractivity (Wildman–Crippen MR) is 42.6 cm³/mol.